The van der Waals surface area contributed by atoms with Crippen LogP contribution in [0.5, 0.6) is 0 Å². The van der Waals surface area contributed by atoms with Crippen LogP contribution in [-0.2, 0) is 0 Å². The first-order valence-corrected chi connectivity index (χ1v) is 6.17. The number of imidazole rings is 1. The van der Waals surface area contributed by atoms with Gasteiger partial charge >= 0.3 is 0 Å². The molecule has 1 heterocycles. The second-order valence-electron chi connectivity index (χ2n) is 4.88. The number of hydrogen-bond donors (Lipinski definition) is 1. The summed E-state index contributed by atoms with van der Waals surface area (Å²) < 4.78 is 28.8. The number of hydrogen-bond acceptors (Lipinski definition) is 2. The molecule has 5 heteroatoms. The van der Waals surface area contributed by atoms with Crippen LogP contribution in [0.15, 0.2) is 30.3 Å². The molecule has 2 aromatic carbocycles. The molecule has 0 atom stereocenters. The van der Waals surface area contributed by atoms with Crippen LogP contribution in [0.4, 0.5) is 14.7 Å². The molecule has 3 rings (SSSR count). The highest BCUT2D eigenvalue weighted by Crippen LogP contribution is 2.26. The molecule has 0 unspecified atom stereocenters. The predicted molar refractivity (Wildman–Crippen MR) is 74.9 cm³/mol. The molecule has 0 aliphatic rings. The van der Waals surface area contributed by atoms with Gasteiger partial charge in [-0.3, -0.25) is 4.57 Å². The lowest BCUT2D eigenvalue weighted by atomic mass is 10.2. The van der Waals surface area contributed by atoms with Gasteiger partial charge in [0.15, 0.2) is 0 Å². The summed E-state index contributed by atoms with van der Waals surface area (Å²) in [7, 11) is 0. The lowest BCUT2D eigenvalue weighted by Crippen LogP contribution is -2.01. The van der Waals surface area contributed by atoms with Gasteiger partial charge in [-0.1, -0.05) is 0 Å². The first-order valence-electron chi connectivity index (χ1n) is 6.17. The quantitative estimate of drug-likeness (QED) is 0.737. The van der Waals surface area contributed by atoms with E-state index in [2.05, 4.69) is 4.98 Å². The van der Waals surface area contributed by atoms with Crippen LogP contribution in [-0.4, -0.2) is 9.55 Å². The second-order valence-corrected chi connectivity index (χ2v) is 4.88. The number of nitrogen functional groups attached to an aromatic ring is 1. The number of nitrogens with two attached hydrogens (primary N) is 1. The molecule has 102 valence electrons. The number of benzene rings is 2. The van der Waals surface area contributed by atoms with E-state index < -0.39 is 0 Å². The van der Waals surface area contributed by atoms with Gasteiger partial charge in [-0.2, -0.15) is 0 Å². The van der Waals surface area contributed by atoms with Crippen LogP contribution < -0.4 is 5.73 Å². The minimum atomic E-state index is -0.347. The Balaban J connectivity index is 2.35. The van der Waals surface area contributed by atoms with E-state index in [0.29, 0.717) is 22.3 Å². The highest BCUT2D eigenvalue weighted by atomic mass is 19.1. The maximum Gasteiger partial charge on any atom is 0.205 e. The zero-order valence-corrected chi connectivity index (χ0v) is 11.1. The Bertz CT molecular complexity index is 801. The van der Waals surface area contributed by atoms with Gasteiger partial charge < -0.3 is 5.73 Å². The standard InChI is InChI=1S/C15H13F2N3/c1-8-3-10(16)6-11(4-8)20-14-5-9(2)12(17)7-13(14)19-15(20)18/h3-7H,1-2H3,(H2,18,19). The molecule has 0 saturated heterocycles. The van der Waals surface area contributed by atoms with Crippen molar-refractivity contribution in [2.45, 2.75) is 13.8 Å². The summed E-state index contributed by atoms with van der Waals surface area (Å²) in [6, 6.07) is 7.62. The van der Waals surface area contributed by atoms with E-state index >= 15 is 0 Å². The molecular formula is C15H13F2N3. The molecule has 20 heavy (non-hydrogen) atoms. The second kappa shape index (κ2) is 4.30. The van der Waals surface area contributed by atoms with E-state index in [9.17, 15) is 8.78 Å². The number of rotatable bonds is 1. The Hall–Kier alpha value is -2.43. The maximum atomic E-state index is 13.6. The van der Waals surface area contributed by atoms with Crippen molar-refractivity contribution in [2.75, 3.05) is 5.73 Å². The fraction of sp³-hybridized carbons (Fsp3) is 0.133. The molecule has 3 aromatic rings. The molecule has 0 aliphatic carbocycles. The zero-order chi connectivity index (χ0) is 14.4. The van der Waals surface area contributed by atoms with Gasteiger partial charge in [0.25, 0.3) is 0 Å². The molecule has 0 aliphatic heterocycles. The smallest absolute Gasteiger partial charge is 0.205 e. The molecule has 0 amide bonds. The minimum Gasteiger partial charge on any atom is -0.369 e. The highest BCUT2D eigenvalue weighted by Gasteiger charge is 2.13. The van der Waals surface area contributed by atoms with Crippen molar-refractivity contribution in [1.29, 1.82) is 0 Å². The van der Waals surface area contributed by atoms with Crippen molar-refractivity contribution in [1.82, 2.24) is 9.55 Å². The molecule has 0 fully saturated rings. The Morgan fingerprint density at radius 3 is 2.50 bits per heavy atom. The Kier molecular flexibility index (Phi) is 2.71. The Morgan fingerprint density at radius 1 is 1.05 bits per heavy atom. The van der Waals surface area contributed by atoms with E-state index in [1.165, 1.54) is 18.2 Å². The Morgan fingerprint density at radius 2 is 1.80 bits per heavy atom. The number of fused-ring (bicyclic) bond motifs is 1. The van der Waals surface area contributed by atoms with Crippen LogP contribution >= 0.6 is 0 Å². The molecule has 1 aromatic heterocycles. The number of halogens is 2. The van der Waals surface area contributed by atoms with E-state index in [0.717, 1.165) is 5.56 Å². The monoisotopic (exact) mass is 273 g/mol. The van der Waals surface area contributed by atoms with Crippen molar-refractivity contribution in [2.24, 2.45) is 0 Å². The van der Waals surface area contributed by atoms with Gasteiger partial charge in [0.05, 0.1) is 16.7 Å². The fourth-order valence-corrected chi connectivity index (χ4v) is 2.34. The van der Waals surface area contributed by atoms with Crippen LogP contribution in [0.1, 0.15) is 11.1 Å². The lowest BCUT2D eigenvalue weighted by molar-refractivity contribution is 0.620. The number of aromatic nitrogens is 2. The molecular weight excluding hydrogens is 260 g/mol. The van der Waals surface area contributed by atoms with Gasteiger partial charge in [0.1, 0.15) is 11.6 Å². The van der Waals surface area contributed by atoms with Gasteiger partial charge in [-0.15, -0.1) is 0 Å². The van der Waals surface area contributed by atoms with Gasteiger partial charge in [0, 0.05) is 6.07 Å². The van der Waals surface area contributed by atoms with Crippen LogP contribution in [0.25, 0.3) is 16.7 Å². The average molecular weight is 273 g/mol. The number of aryl methyl sites for hydroxylation is 2. The largest absolute Gasteiger partial charge is 0.369 e. The van der Waals surface area contributed by atoms with Gasteiger partial charge in [-0.25, -0.2) is 13.8 Å². The summed E-state index contributed by atoms with van der Waals surface area (Å²) >= 11 is 0. The van der Waals surface area contributed by atoms with Crippen molar-refractivity contribution in [3.8, 4) is 5.69 Å². The summed E-state index contributed by atoms with van der Waals surface area (Å²) in [6.45, 7) is 3.46. The third-order valence-electron chi connectivity index (χ3n) is 3.25. The van der Waals surface area contributed by atoms with E-state index in [4.69, 9.17) is 5.73 Å². The van der Waals surface area contributed by atoms with E-state index in [1.807, 2.05) is 0 Å². The third-order valence-corrected chi connectivity index (χ3v) is 3.25. The summed E-state index contributed by atoms with van der Waals surface area (Å²) in [5.41, 5.74) is 8.85. The van der Waals surface area contributed by atoms with Crippen molar-refractivity contribution in [3.05, 3.63) is 53.1 Å². The predicted octanol–water partition coefficient (Wildman–Crippen LogP) is 3.50. The maximum absolute atomic E-state index is 13.6. The Labute approximate surface area is 114 Å². The van der Waals surface area contributed by atoms with E-state index in [-0.39, 0.29) is 17.6 Å². The van der Waals surface area contributed by atoms with Crippen LogP contribution in [0.3, 0.4) is 0 Å². The van der Waals surface area contributed by atoms with Crippen LogP contribution in [0, 0.1) is 25.5 Å². The molecule has 3 nitrogen and oxygen atoms in total. The molecule has 0 saturated carbocycles. The average Bonchev–Trinajstić information content (AvgIpc) is 2.64. The van der Waals surface area contributed by atoms with Crippen molar-refractivity contribution < 1.29 is 8.78 Å². The van der Waals surface area contributed by atoms with Crippen LogP contribution in [0.2, 0.25) is 0 Å². The first kappa shape index (κ1) is 12.6. The molecule has 0 radical (unpaired) electrons. The first-order chi connectivity index (χ1) is 9.45. The summed E-state index contributed by atoms with van der Waals surface area (Å²) in [5.74, 6) is -0.479. The molecule has 0 spiro atoms. The molecule has 0 bridgehead atoms. The lowest BCUT2D eigenvalue weighted by Gasteiger charge is -2.08. The summed E-state index contributed by atoms with van der Waals surface area (Å²) in [4.78, 5) is 4.13. The molecule has 2 N–H and O–H groups in total. The summed E-state index contributed by atoms with van der Waals surface area (Å²) in [5, 5.41) is 0. The third kappa shape index (κ3) is 1.91. The van der Waals surface area contributed by atoms with E-state index in [1.54, 1.807) is 30.5 Å². The number of nitrogens with zero attached hydrogens (tertiary/aromatic N) is 2. The summed E-state index contributed by atoms with van der Waals surface area (Å²) in [6.07, 6.45) is 0. The number of anilines is 1. The van der Waals surface area contributed by atoms with Crippen molar-refractivity contribution >= 4 is 17.0 Å². The van der Waals surface area contributed by atoms with Gasteiger partial charge in [0.2, 0.25) is 5.95 Å². The highest BCUT2D eigenvalue weighted by molar-refractivity contribution is 5.81. The normalized spacial score (nSPS) is 11.2. The zero-order valence-electron chi connectivity index (χ0n) is 11.1. The van der Waals surface area contributed by atoms with Gasteiger partial charge in [-0.05, 0) is 49.2 Å². The SMILES string of the molecule is Cc1cc(F)cc(-n2c(N)nc3cc(F)c(C)cc32)c1. The van der Waals surface area contributed by atoms with Crippen molar-refractivity contribution in [3.63, 3.8) is 0 Å². The minimum absolute atomic E-state index is 0.204. The fourth-order valence-electron chi connectivity index (χ4n) is 2.34. The topological polar surface area (TPSA) is 43.8 Å².